The number of pyridine rings is 1. The van der Waals surface area contributed by atoms with Crippen molar-refractivity contribution in [1.29, 1.82) is 0 Å². The number of anilines is 1. The Balaban J connectivity index is 2.00. The second-order valence-corrected chi connectivity index (χ2v) is 6.11. The Hall–Kier alpha value is -3.22. The van der Waals surface area contributed by atoms with Gasteiger partial charge in [0, 0.05) is 31.2 Å². The van der Waals surface area contributed by atoms with Crippen LogP contribution in [0.25, 0.3) is 10.9 Å². The van der Waals surface area contributed by atoms with E-state index in [1.165, 1.54) is 23.6 Å². The van der Waals surface area contributed by atoms with Gasteiger partial charge in [-0.25, -0.2) is 4.79 Å². The maximum Gasteiger partial charge on any atom is 0.360 e. The van der Waals surface area contributed by atoms with Crippen molar-refractivity contribution in [2.75, 3.05) is 12.0 Å². The fourth-order valence-electron chi connectivity index (χ4n) is 2.83. The van der Waals surface area contributed by atoms with Crippen LogP contribution in [0.4, 0.5) is 5.69 Å². The van der Waals surface area contributed by atoms with Crippen molar-refractivity contribution in [3.05, 3.63) is 53.5 Å². The molecule has 0 saturated carbocycles. The van der Waals surface area contributed by atoms with Crippen molar-refractivity contribution in [2.24, 2.45) is 7.05 Å². The summed E-state index contributed by atoms with van der Waals surface area (Å²) in [6.45, 7) is 3.69. The molecule has 3 aromatic rings. The Labute approximate surface area is 151 Å². The molecule has 1 amide bonds. The van der Waals surface area contributed by atoms with Gasteiger partial charge in [0.15, 0.2) is 5.69 Å². The van der Waals surface area contributed by atoms with Gasteiger partial charge in [-0.2, -0.15) is 5.10 Å². The quantitative estimate of drug-likeness (QED) is 0.675. The van der Waals surface area contributed by atoms with E-state index < -0.39 is 5.97 Å². The molecule has 0 aliphatic carbocycles. The van der Waals surface area contributed by atoms with Gasteiger partial charge in [-0.3, -0.25) is 14.5 Å². The standard InChI is InChI=1S/C19H20N4O3/c1-12-5-7-15-8-6-14(9-16(15)20-12)10-23(13(2)24)17-11-22(3)21-18(17)19(25)26-4/h5-9,11H,10H2,1-4H3. The molecule has 0 N–H and O–H groups in total. The largest absolute Gasteiger partial charge is 0.464 e. The van der Waals surface area contributed by atoms with E-state index >= 15 is 0 Å². The van der Waals surface area contributed by atoms with Gasteiger partial charge in [0.05, 0.1) is 24.9 Å². The van der Waals surface area contributed by atoms with E-state index in [2.05, 4.69) is 10.1 Å². The first-order valence-electron chi connectivity index (χ1n) is 8.15. The number of hydrogen-bond donors (Lipinski definition) is 0. The highest BCUT2D eigenvalue weighted by Gasteiger charge is 2.24. The number of carbonyl (C=O) groups excluding carboxylic acids is 2. The lowest BCUT2D eigenvalue weighted by molar-refractivity contribution is -0.116. The molecule has 0 bridgehead atoms. The number of rotatable bonds is 4. The first-order chi connectivity index (χ1) is 12.4. The Bertz CT molecular complexity index is 994. The number of fused-ring (bicyclic) bond motifs is 1. The van der Waals surface area contributed by atoms with Crippen LogP contribution in [0, 0.1) is 6.92 Å². The molecule has 1 aromatic carbocycles. The number of amides is 1. The predicted octanol–water partition coefficient (Wildman–Crippen LogP) is 2.62. The molecular weight excluding hydrogens is 332 g/mol. The number of benzene rings is 1. The van der Waals surface area contributed by atoms with Crippen molar-refractivity contribution in [3.63, 3.8) is 0 Å². The Kier molecular flexibility index (Phi) is 4.71. The number of esters is 1. The third kappa shape index (κ3) is 3.42. The van der Waals surface area contributed by atoms with E-state index in [1.807, 2.05) is 37.3 Å². The fraction of sp³-hybridized carbons (Fsp3) is 0.263. The smallest absolute Gasteiger partial charge is 0.360 e. The summed E-state index contributed by atoms with van der Waals surface area (Å²) < 4.78 is 6.27. The van der Waals surface area contributed by atoms with Crippen LogP contribution in [0.15, 0.2) is 36.5 Å². The normalized spacial score (nSPS) is 10.8. The molecule has 0 atom stereocenters. The lowest BCUT2D eigenvalue weighted by atomic mass is 10.1. The monoisotopic (exact) mass is 352 g/mol. The van der Waals surface area contributed by atoms with Gasteiger partial charge in [0.25, 0.3) is 0 Å². The van der Waals surface area contributed by atoms with E-state index in [0.717, 1.165) is 22.2 Å². The van der Waals surface area contributed by atoms with Gasteiger partial charge in [0.2, 0.25) is 5.91 Å². The topological polar surface area (TPSA) is 77.3 Å². The molecular formula is C19H20N4O3. The summed E-state index contributed by atoms with van der Waals surface area (Å²) in [7, 11) is 2.98. The van der Waals surface area contributed by atoms with Crippen LogP contribution in [-0.4, -0.2) is 33.8 Å². The summed E-state index contributed by atoms with van der Waals surface area (Å²) in [6.07, 6.45) is 1.64. The number of aryl methyl sites for hydroxylation is 2. The maximum atomic E-state index is 12.3. The van der Waals surface area contributed by atoms with Gasteiger partial charge >= 0.3 is 5.97 Å². The molecule has 0 saturated heterocycles. The van der Waals surface area contributed by atoms with E-state index in [4.69, 9.17) is 4.74 Å². The number of hydrogen-bond acceptors (Lipinski definition) is 5. The summed E-state index contributed by atoms with van der Waals surface area (Å²) in [5, 5.41) is 5.16. The Morgan fingerprint density at radius 2 is 1.96 bits per heavy atom. The number of ether oxygens (including phenoxy) is 1. The molecule has 2 aromatic heterocycles. The number of methoxy groups -OCH3 is 1. The van der Waals surface area contributed by atoms with Gasteiger partial charge in [0.1, 0.15) is 0 Å². The zero-order valence-electron chi connectivity index (χ0n) is 15.2. The predicted molar refractivity (Wildman–Crippen MR) is 97.9 cm³/mol. The molecule has 3 rings (SSSR count). The average Bonchev–Trinajstić information content (AvgIpc) is 2.99. The third-order valence-corrected chi connectivity index (χ3v) is 4.10. The molecule has 0 fully saturated rings. The van der Waals surface area contributed by atoms with Crippen molar-refractivity contribution in [1.82, 2.24) is 14.8 Å². The molecule has 0 spiro atoms. The van der Waals surface area contributed by atoms with Gasteiger partial charge < -0.3 is 9.64 Å². The maximum absolute atomic E-state index is 12.3. The fourth-order valence-corrected chi connectivity index (χ4v) is 2.83. The third-order valence-electron chi connectivity index (χ3n) is 4.10. The van der Waals surface area contributed by atoms with Gasteiger partial charge in [-0.05, 0) is 24.6 Å². The highest BCUT2D eigenvalue weighted by molar-refractivity contribution is 6.00. The Morgan fingerprint density at radius 1 is 1.23 bits per heavy atom. The van der Waals surface area contributed by atoms with Gasteiger partial charge in [-0.1, -0.05) is 18.2 Å². The molecule has 7 nitrogen and oxygen atoms in total. The summed E-state index contributed by atoms with van der Waals surface area (Å²) in [6, 6.07) is 9.85. The highest BCUT2D eigenvalue weighted by atomic mass is 16.5. The number of carbonyl (C=O) groups is 2. The van der Waals surface area contributed by atoms with Gasteiger partial charge in [-0.15, -0.1) is 0 Å². The Morgan fingerprint density at radius 3 is 2.65 bits per heavy atom. The van der Waals surface area contributed by atoms with E-state index in [9.17, 15) is 9.59 Å². The minimum Gasteiger partial charge on any atom is -0.464 e. The van der Waals surface area contributed by atoms with Crippen LogP contribution >= 0.6 is 0 Å². The van der Waals surface area contributed by atoms with Crippen molar-refractivity contribution >= 4 is 28.5 Å². The zero-order chi connectivity index (χ0) is 18.8. The summed E-state index contributed by atoms with van der Waals surface area (Å²) in [5.74, 6) is -0.775. The number of aromatic nitrogens is 3. The molecule has 134 valence electrons. The lowest BCUT2D eigenvalue weighted by Gasteiger charge is -2.20. The van der Waals surface area contributed by atoms with Crippen LogP contribution in [0.1, 0.15) is 28.7 Å². The van der Waals surface area contributed by atoms with Crippen LogP contribution in [0.2, 0.25) is 0 Å². The van der Waals surface area contributed by atoms with Crippen LogP contribution in [0.3, 0.4) is 0 Å². The molecule has 2 heterocycles. The van der Waals surface area contributed by atoms with Crippen molar-refractivity contribution in [2.45, 2.75) is 20.4 Å². The van der Waals surface area contributed by atoms with E-state index in [-0.39, 0.29) is 11.6 Å². The summed E-state index contributed by atoms with van der Waals surface area (Å²) in [4.78, 5) is 30.3. The molecule has 0 aliphatic heterocycles. The van der Waals surface area contributed by atoms with E-state index in [0.29, 0.717) is 12.2 Å². The molecule has 0 unspecified atom stereocenters. The molecule has 0 radical (unpaired) electrons. The molecule has 0 aliphatic rings. The first-order valence-corrected chi connectivity index (χ1v) is 8.15. The molecule has 26 heavy (non-hydrogen) atoms. The second kappa shape index (κ2) is 6.95. The molecule has 7 heteroatoms. The summed E-state index contributed by atoms with van der Waals surface area (Å²) in [5.41, 5.74) is 3.23. The van der Waals surface area contributed by atoms with E-state index in [1.54, 1.807) is 13.2 Å². The number of nitrogens with zero attached hydrogens (tertiary/aromatic N) is 4. The van der Waals surface area contributed by atoms with Crippen LogP contribution in [-0.2, 0) is 23.1 Å². The minimum atomic E-state index is -0.581. The average molecular weight is 352 g/mol. The van der Waals surface area contributed by atoms with Crippen molar-refractivity contribution < 1.29 is 14.3 Å². The SMILES string of the molecule is COC(=O)c1nn(C)cc1N(Cc1ccc2ccc(C)nc2c1)C(C)=O. The first kappa shape index (κ1) is 17.6. The van der Waals surface area contributed by atoms with Crippen molar-refractivity contribution in [3.8, 4) is 0 Å². The van der Waals surface area contributed by atoms with Crippen LogP contribution < -0.4 is 4.90 Å². The highest BCUT2D eigenvalue weighted by Crippen LogP contribution is 2.24. The zero-order valence-corrected chi connectivity index (χ0v) is 15.2. The van der Waals surface area contributed by atoms with Crippen LogP contribution in [0.5, 0.6) is 0 Å². The second-order valence-electron chi connectivity index (χ2n) is 6.11. The lowest BCUT2D eigenvalue weighted by Crippen LogP contribution is -2.29. The summed E-state index contributed by atoms with van der Waals surface area (Å²) >= 11 is 0. The minimum absolute atomic E-state index is 0.111.